The van der Waals surface area contributed by atoms with E-state index >= 15 is 0 Å². The largest absolute Gasteiger partial charge is 0.309 e. The van der Waals surface area contributed by atoms with Gasteiger partial charge in [0.05, 0.1) is 0 Å². The standard InChI is InChI=1S/C18H19NO/c1-3-19(17-12-8-7-9-15(17)2)18(20)14-13-16-10-5-4-6-11-16/h4-14H,3H2,1-2H3. The predicted octanol–water partition coefficient (Wildman–Crippen LogP) is 4.06. The Labute approximate surface area is 120 Å². The Morgan fingerprint density at radius 3 is 2.35 bits per heavy atom. The van der Waals surface area contributed by atoms with E-state index in [4.69, 9.17) is 0 Å². The molecule has 0 fully saturated rings. The zero-order valence-electron chi connectivity index (χ0n) is 11.9. The number of carbonyl (C=O) groups is 1. The van der Waals surface area contributed by atoms with Gasteiger partial charge < -0.3 is 4.90 Å². The summed E-state index contributed by atoms with van der Waals surface area (Å²) in [7, 11) is 0. The first-order chi connectivity index (χ1) is 9.72. The van der Waals surface area contributed by atoms with Crippen LogP contribution in [0, 0.1) is 6.92 Å². The SMILES string of the molecule is CCN(C(=O)C=Cc1ccccc1)c1ccccc1C. The van der Waals surface area contributed by atoms with Crippen LogP contribution < -0.4 is 4.90 Å². The molecule has 102 valence electrons. The van der Waals surface area contributed by atoms with Crippen molar-refractivity contribution < 1.29 is 4.79 Å². The molecule has 2 aromatic carbocycles. The minimum atomic E-state index is 0.00523. The lowest BCUT2D eigenvalue weighted by Gasteiger charge is -2.21. The number of rotatable bonds is 4. The summed E-state index contributed by atoms with van der Waals surface area (Å²) >= 11 is 0. The van der Waals surface area contributed by atoms with Crippen LogP contribution in [0.25, 0.3) is 6.08 Å². The van der Waals surface area contributed by atoms with Crippen LogP contribution in [0.5, 0.6) is 0 Å². The summed E-state index contributed by atoms with van der Waals surface area (Å²) in [5.74, 6) is 0.00523. The number of likely N-dealkylation sites (N-methyl/N-ethyl adjacent to an activating group) is 1. The summed E-state index contributed by atoms with van der Waals surface area (Å²) in [6.07, 6.45) is 3.48. The van der Waals surface area contributed by atoms with Crippen molar-refractivity contribution in [2.24, 2.45) is 0 Å². The summed E-state index contributed by atoms with van der Waals surface area (Å²) in [6, 6.07) is 17.8. The van der Waals surface area contributed by atoms with Crippen LogP contribution in [0.15, 0.2) is 60.7 Å². The van der Waals surface area contributed by atoms with E-state index in [2.05, 4.69) is 0 Å². The summed E-state index contributed by atoms with van der Waals surface area (Å²) in [5.41, 5.74) is 3.11. The van der Waals surface area contributed by atoms with E-state index in [9.17, 15) is 4.79 Å². The maximum Gasteiger partial charge on any atom is 0.250 e. The molecule has 0 bridgehead atoms. The summed E-state index contributed by atoms with van der Waals surface area (Å²) in [4.78, 5) is 14.1. The fourth-order valence-electron chi connectivity index (χ4n) is 2.13. The predicted molar refractivity (Wildman–Crippen MR) is 84.7 cm³/mol. The average Bonchev–Trinajstić information content (AvgIpc) is 2.49. The van der Waals surface area contributed by atoms with Gasteiger partial charge in [0.2, 0.25) is 0 Å². The Hall–Kier alpha value is -2.35. The molecule has 0 saturated heterocycles. The quantitative estimate of drug-likeness (QED) is 0.763. The molecule has 2 nitrogen and oxygen atoms in total. The number of hydrogen-bond acceptors (Lipinski definition) is 1. The van der Waals surface area contributed by atoms with Gasteiger partial charge in [0.1, 0.15) is 0 Å². The third-order valence-electron chi connectivity index (χ3n) is 3.21. The van der Waals surface area contributed by atoms with Crippen molar-refractivity contribution in [3.63, 3.8) is 0 Å². The number of benzene rings is 2. The van der Waals surface area contributed by atoms with Crippen molar-refractivity contribution in [1.82, 2.24) is 0 Å². The van der Waals surface area contributed by atoms with Gasteiger partial charge in [0.25, 0.3) is 5.91 Å². The number of carbonyl (C=O) groups excluding carboxylic acids is 1. The number of amides is 1. The Morgan fingerprint density at radius 2 is 1.70 bits per heavy atom. The van der Waals surface area contributed by atoms with Gasteiger partial charge in [-0.05, 0) is 37.1 Å². The van der Waals surface area contributed by atoms with Crippen LogP contribution in [0.4, 0.5) is 5.69 Å². The van der Waals surface area contributed by atoms with Crippen LogP contribution in [-0.4, -0.2) is 12.5 Å². The van der Waals surface area contributed by atoms with Gasteiger partial charge in [-0.15, -0.1) is 0 Å². The first kappa shape index (κ1) is 14.1. The number of hydrogen-bond donors (Lipinski definition) is 0. The smallest absolute Gasteiger partial charge is 0.250 e. The minimum absolute atomic E-state index is 0.00523. The fraction of sp³-hybridized carbons (Fsp3) is 0.167. The highest BCUT2D eigenvalue weighted by Gasteiger charge is 2.12. The lowest BCUT2D eigenvalue weighted by atomic mass is 10.1. The lowest BCUT2D eigenvalue weighted by Crippen LogP contribution is -2.29. The molecule has 0 spiro atoms. The van der Waals surface area contributed by atoms with Crippen LogP contribution in [0.3, 0.4) is 0 Å². The molecule has 0 radical (unpaired) electrons. The van der Waals surface area contributed by atoms with Crippen LogP contribution in [0.1, 0.15) is 18.1 Å². The third kappa shape index (κ3) is 3.35. The number of anilines is 1. The van der Waals surface area contributed by atoms with E-state index in [1.807, 2.05) is 74.5 Å². The Morgan fingerprint density at radius 1 is 1.05 bits per heavy atom. The molecule has 2 rings (SSSR count). The van der Waals surface area contributed by atoms with Gasteiger partial charge in [-0.3, -0.25) is 4.79 Å². The van der Waals surface area contributed by atoms with Gasteiger partial charge >= 0.3 is 0 Å². The van der Waals surface area contributed by atoms with Gasteiger partial charge in [-0.25, -0.2) is 0 Å². The lowest BCUT2D eigenvalue weighted by molar-refractivity contribution is -0.114. The van der Waals surface area contributed by atoms with Crippen molar-refractivity contribution in [1.29, 1.82) is 0 Å². The van der Waals surface area contributed by atoms with E-state index in [-0.39, 0.29) is 5.91 Å². The normalized spacial score (nSPS) is 10.7. The van der Waals surface area contributed by atoms with Crippen LogP contribution in [0.2, 0.25) is 0 Å². The first-order valence-electron chi connectivity index (χ1n) is 6.82. The molecule has 0 heterocycles. The average molecular weight is 265 g/mol. The summed E-state index contributed by atoms with van der Waals surface area (Å²) in [6.45, 7) is 4.66. The van der Waals surface area contributed by atoms with E-state index in [1.165, 1.54) is 0 Å². The van der Waals surface area contributed by atoms with E-state index < -0.39 is 0 Å². The molecule has 2 aromatic rings. The van der Waals surface area contributed by atoms with Crippen LogP contribution in [-0.2, 0) is 4.79 Å². The third-order valence-corrected chi connectivity index (χ3v) is 3.21. The molecule has 1 amide bonds. The van der Waals surface area contributed by atoms with Crippen LogP contribution >= 0.6 is 0 Å². The second kappa shape index (κ2) is 6.71. The van der Waals surface area contributed by atoms with E-state index in [1.54, 1.807) is 11.0 Å². The number of aryl methyl sites for hydroxylation is 1. The second-order valence-electron chi connectivity index (χ2n) is 4.61. The topological polar surface area (TPSA) is 20.3 Å². The molecule has 0 aromatic heterocycles. The zero-order valence-corrected chi connectivity index (χ0v) is 11.9. The highest BCUT2D eigenvalue weighted by molar-refractivity contribution is 6.04. The Bertz CT molecular complexity index is 602. The monoisotopic (exact) mass is 265 g/mol. The van der Waals surface area contributed by atoms with Crippen molar-refractivity contribution in [3.05, 3.63) is 71.8 Å². The summed E-state index contributed by atoms with van der Waals surface area (Å²) in [5, 5.41) is 0. The van der Waals surface area contributed by atoms with Gasteiger partial charge in [0.15, 0.2) is 0 Å². The molecule has 0 N–H and O–H groups in total. The van der Waals surface area contributed by atoms with Gasteiger partial charge in [-0.2, -0.15) is 0 Å². The number of nitrogens with zero attached hydrogens (tertiary/aromatic N) is 1. The van der Waals surface area contributed by atoms with E-state index in [0.29, 0.717) is 6.54 Å². The minimum Gasteiger partial charge on any atom is -0.309 e. The van der Waals surface area contributed by atoms with Crippen molar-refractivity contribution in [2.45, 2.75) is 13.8 Å². The van der Waals surface area contributed by atoms with Crippen molar-refractivity contribution in [2.75, 3.05) is 11.4 Å². The van der Waals surface area contributed by atoms with Gasteiger partial charge in [0, 0.05) is 18.3 Å². The molecule has 0 aliphatic rings. The van der Waals surface area contributed by atoms with Crippen molar-refractivity contribution >= 4 is 17.7 Å². The zero-order chi connectivity index (χ0) is 14.4. The second-order valence-corrected chi connectivity index (χ2v) is 4.61. The first-order valence-corrected chi connectivity index (χ1v) is 6.82. The summed E-state index contributed by atoms with van der Waals surface area (Å²) < 4.78 is 0. The van der Waals surface area contributed by atoms with E-state index in [0.717, 1.165) is 16.8 Å². The maximum atomic E-state index is 12.3. The maximum absolute atomic E-state index is 12.3. The molecule has 0 atom stereocenters. The highest BCUT2D eigenvalue weighted by Crippen LogP contribution is 2.19. The fourth-order valence-corrected chi connectivity index (χ4v) is 2.13. The molecule has 0 unspecified atom stereocenters. The Balaban J connectivity index is 2.18. The van der Waals surface area contributed by atoms with Crippen molar-refractivity contribution in [3.8, 4) is 0 Å². The molecular formula is C18H19NO. The molecule has 0 aliphatic heterocycles. The molecule has 0 saturated carbocycles. The number of para-hydroxylation sites is 1. The molecule has 20 heavy (non-hydrogen) atoms. The van der Waals surface area contributed by atoms with Gasteiger partial charge in [-0.1, -0.05) is 48.5 Å². The highest BCUT2D eigenvalue weighted by atomic mass is 16.2. The molecule has 0 aliphatic carbocycles. The Kier molecular flexibility index (Phi) is 4.72. The molecule has 2 heteroatoms. The molecular weight excluding hydrogens is 246 g/mol.